The maximum absolute atomic E-state index is 11.8. The summed E-state index contributed by atoms with van der Waals surface area (Å²) >= 11 is 0. The Labute approximate surface area is 163 Å². The molecule has 1 saturated heterocycles. The Hall–Kier alpha value is -2.72. The lowest BCUT2D eigenvalue weighted by Gasteiger charge is -2.16. The minimum absolute atomic E-state index is 0.106. The summed E-state index contributed by atoms with van der Waals surface area (Å²) in [6, 6.07) is 0. The van der Waals surface area contributed by atoms with E-state index in [2.05, 4.69) is 19.1 Å². The lowest BCUT2D eigenvalue weighted by atomic mass is 10.1. The molecule has 2 aromatic rings. The predicted molar refractivity (Wildman–Crippen MR) is 94.0 cm³/mol. The van der Waals surface area contributed by atoms with Crippen LogP contribution in [0.25, 0.3) is 11.2 Å². The number of carbonyl (C=O) groups excluding carboxylic acids is 2. The summed E-state index contributed by atoms with van der Waals surface area (Å²) in [6.45, 7) is 0.414. The average Bonchev–Trinajstić information content (AvgIpc) is 3.15. The second kappa shape index (κ2) is 7.96. The van der Waals surface area contributed by atoms with E-state index in [1.54, 1.807) is 4.72 Å². The van der Waals surface area contributed by atoms with Crippen LogP contribution in [-0.4, -0.2) is 74.8 Å². The Morgan fingerprint density at radius 2 is 2.03 bits per heavy atom. The van der Waals surface area contributed by atoms with Crippen molar-refractivity contribution < 1.29 is 37.1 Å². The monoisotopic (exact) mass is 430 g/mol. The van der Waals surface area contributed by atoms with Crippen LogP contribution < -0.4 is 10.5 Å². The Bertz CT molecular complexity index is 1040. The van der Waals surface area contributed by atoms with Crippen molar-refractivity contribution in [2.24, 2.45) is 0 Å². The number of hydrogen-bond donors (Lipinski definition) is 4. The van der Waals surface area contributed by atoms with Gasteiger partial charge in [0.2, 0.25) is 5.91 Å². The molecule has 4 atom stereocenters. The molecule has 29 heavy (non-hydrogen) atoms. The van der Waals surface area contributed by atoms with Crippen molar-refractivity contribution in [3.05, 3.63) is 12.7 Å². The second-order valence-electron chi connectivity index (χ2n) is 6.27. The van der Waals surface area contributed by atoms with Crippen LogP contribution in [0.3, 0.4) is 0 Å². The summed E-state index contributed by atoms with van der Waals surface area (Å²) in [4.78, 5) is 34.1. The number of hydrogen-bond acceptors (Lipinski definition) is 12. The normalized spacial score (nSPS) is 24.7. The van der Waals surface area contributed by atoms with Crippen LogP contribution in [0.5, 0.6) is 0 Å². The zero-order chi connectivity index (χ0) is 21.3. The summed E-state index contributed by atoms with van der Waals surface area (Å²) in [5, 5.41) is 20.5. The largest absolute Gasteiger partial charge is 0.387 e. The lowest BCUT2D eigenvalue weighted by molar-refractivity contribution is -0.126. The van der Waals surface area contributed by atoms with Crippen molar-refractivity contribution in [1.29, 1.82) is 0 Å². The van der Waals surface area contributed by atoms with Crippen molar-refractivity contribution in [2.45, 2.75) is 37.9 Å². The molecule has 0 aromatic carbocycles. The average molecular weight is 430 g/mol. The molecule has 0 saturated carbocycles. The first-order chi connectivity index (χ1) is 13.6. The number of aliphatic hydroxyl groups excluding tert-OH is 2. The first-order valence-electron chi connectivity index (χ1n) is 8.23. The molecular weight excluding hydrogens is 412 g/mol. The third-order valence-corrected chi connectivity index (χ3v) is 4.96. The van der Waals surface area contributed by atoms with Crippen molar-refractivity contribution in [3.63, 3.8) is 0 Å². The summed E-state index contributed by atoms with van der Waals surface area (Å²) in [5.74, 6) is -1.49. The summed E-state index contributed by atoms with van der Waals surface area (Å²) in [6.07, 6.45) is -3.57. The SMILES string of the molecule is CC(=O)CC(=O)NS(=O)(=O)OCC1OC(n2cnc3c(N)ncnc32)C(O)C1O. The van der Waals surface area contributed by atoms with Gasteiger partial charge in [0.05, 0.1) is 19.4 Å². The van der Waals surface area contributed by atoms with E-state index in [0.717, 1.165) is 6.92 Å². The Morgan fingerprint density at radius 3 is 2.72 bits per heavy atom. The topological polar surface area (TPSA) is 209 Å². The molecule has 4 unspecified atom stereocenters. The lowest BCUT2D eigenvalue weighted by Crippen LogP contribution is -2.38. The van der Waals surface area contributed by atoms with Crippen LogP contribution in [0.15, 0.2) is 12.7 Å². The van der Waals surface area contributed by atoms with Crippen LogP contribution >= 0.6 is 0 Å². The first-order valence-corrected chi connectivity index (χ1v) is 9.64. The van der Waals surface area contributed by atoms with Gasteiger partial charge in [0.1, 0.15) is 35.9 Å². The van der Waals surface area contributed by atoms with E-state index in [0.29, 0.717) is 0 Å². The van der Waals surface area contributed by atoms with Gasteiger partial charge in [-0.05, 0) is 6.92 Å². The van der Waals surface area contributed by atoms with Crippen molar-refractivity contribution >= 4 is 39.0 Å². The Kier molecular flexibility index (Phi) is 5.76. The third-order valence-electron chi connectivity index (χ3n) is 4.03. The molecule has 0 spiro atoms. The maximum Gasteiger partial charge on any atom is 0.362 e. The zero-order valence-electron chi connectivity index (χ0n) is 15.0. The molecule has 1 aliphatic heterocycles. The van der Waals surface area contributed by atoms with Gasteiger partial charge in [0.25, 0.3) is 0 Å². The molecule has 0 radical (unpaired) electrons. The molecule has 1 fully saturated rings. The van der Waals surface area contributed by atoms with Gasteiger partial charge in [0, 0.05) is 0 Å². The van der Waals surface area contributed by atoms with Gasteiger partial charge in [-0.25, -0.2) is 19.7 Å². The van der Waals surface area contributed by atoms with Crippen LogP contribution in [0.1, 0.15) is 19.6 Å². The number of nitrogens with zero attached hydrogens (tertiary/aromatic N) is 4. The number of nitrogens with two attached hydrogens (primary N) is 1. The van der Waals surface area contributed by atoms with Gasteiger partial charge in [0.15, 0.2) is 17.7 Å². The van der Waals surface area contributed by atoms with Gasteiger partial charge in [-0.1, -0.05) is 0 Å². The van der Waals surface area contributed by atoms with E-state index in [1.165, 1.54) is 17.2 Å². The standard InChI is InChI=1S/C14H18N6O8S/c1-6(21)2-8(22)19-29(25,26)27-3-7-10(23)11(24)14(28-7)20-5-18-9-12(15)16-4-17-13(9)20/h4-5,7,10-11,14,23-24H,2-3H2,1H3,(H,19,22)(H2,15,16,17). The number of imidazole rings is 1. The zero-order valence-corrected chi connectivity index (χ0v) is 15.8. The van der Waals surface area contributed by atoms with E-state index in [1.807, 2.05) is 0 Å². The number of rotatable bonds is 7. The fourth-order valence-corrected chi connectivity index (χ4v) is 3.46. The molecule has 0 aliphatic carbocycles. The first kappa shape index (κ1) is 21.0. The number of fused-ring (bicyclic) bond motifs is 1. The number of ether oxygens (including phenoxy) is 1. The molecule has 1 aliphatic rings. The highest BCUT2D eigenvalue weighted by molar-refractivity contribution is 7.85. The van der Waals surface area contributed by atoms with E-state index in [-0.39, 0.29) is 17.0 Å². The molecular formula is C14H18N6O8S. The van der Waals surface area contributed by atoms with E-state index < -0.39 is 59.6 Å². The molecule has 0 bridgehead atoms. The van der Waals surface area contributed by atoms with Crippen LogP contribution in [-0.2, 0) is 28.8 Å². The summed E-state index contributed by atoms with van der Waals surface area (Å²) < 4.78 is 36.5. The number of anilines is 1. The van der Waals surface area contributed by atoms with Crippen LogP contribution in [0.4, 0.5) is 5.82 Å². The molecule has 5 N–H and O–H groups in total. The molecule has 14 nitrogen and oxygen atoms in total. The van der Waals surface area contributed by atoms with Crippen LogP contribution in [0, 0.1) is 0 Å². The van der Waals surface area contributed by atoms with Gasteiger partial charge in [-0.15, -0.1) is 0 Å². The number of amides is 1. The van der Waals surface area contributed by atoms with Crippen molar-refractivity contribution in [1.82, 2.24) is 24.2 Å². The molecule has 3 heterocycles. The van der Waals surface area contributed by atoms with Gasteiger partial charge in [-0.3, -0.25) is 18.3 Å². The highest BCUT2D eigenvalue weighted by Gasteiger charge is 2.45. The number of carbonyl (C=O) groups is 2. The fraction of sp³-hybridized carbons (Fsp3) is 0.500. The second-order valence-corrected chi connectivity index (χ2v) is 7.62. The van der Waals surface area contributed by atoms with Crippen molar-refractivity contribution in [2.75, 3.05) is 12.3 Å². The Balaban J connectivity index is 1.69. The van der Waals surface area contributed by atoms with Crippen LogP contribution in [0.2, 0.25) is 0 Å². The van der Waals surface area contributed by atoms with E-state index >= 15 is 0 Å². The third kappa shape index (κ3) is 4.48. The maximum atomic E-state index is 11.8. The number of nitrogen functional groups attached to an aromatic ring is 1. The minimum Gasteiger partial charge on any atom is -0.387 e. The van der Waals surface area contributed by atoms with Gasteiger partial charge >= 0.3 is 10.3 Å². The highest BCUT2D eigenvalue weighted by atomic mass is 32.2. The minimum atomic E-state index is -4.55. The fourth-order valence-electron chi connectivity index (χ4n) is 2.74. The van der Waals surface area contributed by atoms with Gasteiger partial charge in [-0.2, -0.15) is 8.42 Å². The quantitative estimate of drug-likeness (QED) is 0.333. The number of nitrogens with one attached hydrogen (secondary N) is 1. The number of aromatic nitrogens is 4. The molecule has 2 aromatic heterocycles. The van der Waals surface area contributed by atoms with Crippen molar-refractivity contribution in [3.8, 4) is 0 Å². The van der Waals surface area contributed by atoms with E-state index in [4.69, 9.17) is 10.5 Å². The van der Waals surface area contributed by atoms with Gasteiger partial charge < -0.3 is 20.7 Å². The molecule has 15 heteroatoms. The van der Waals surface area contributed by atoms with E-state index in [9.17, 15) is 28.2 Å². The number of Topliss-reactive ketones (excluding diaryl/α,β-unsaturated/α-hetero) is 1. The molecule has 158 valence electrons. The summed E-state index contributed by atoms with van der Waals surface area (Å²) in [5.41, 5.74) is 6.19. The molecule has 1 amide bonds. The predicted octanol–water partition coefficient (Wildman–Crippen LogP) is -2.62. The summed E-state index contributed by atoms with van der Waals surface area (Å²) in [7, 11) is -4.55. The Morgan fingerprint density at radius 1 is 1.31 bits per heavy atom. The number of aliphatic hydroxyl groups is 2. The highest BCUT2D eigenvalue weighted by Crippen LogP contribution is 2.32. The number of ketones is 1. The molecule has 3 rings (SSSR count). The smallest absolute Gasteiger partial charge is 0.362 e.